The van der Waals surface area contributed by atoms with Crippen LogP contribution in [-0.2, 0) is 20.7 Å². The highest BCUT2D eigenvalue weighted by Gasteiger charge is 2.36. The molecule has 3 amide bonds. The van der Waals surface area contributed by atoms with Crippen molar-refractivity contribution in [2.24, 2.45) is 0 Å². The fourth-order valence-electron chi connectivity index (χ4n) is 4.33. The Morgan fingerprint density at radius 3 is 2.05 bits per heavy atom. The molecule has 0 aliphatic carbocycles. The quantitative estimate of drug-likeness (QED) is 0.335. The van der Waals surface area contributed by atoms with Gasteiger partial charge in [0.15, 0.2) is 0 Å². The van der Waals surface area contributed by atoms with Crippen LogP contribution in [0, 0.1) is 6.92 Å². The highest BCUT2D eigenvalue weighted by atomic mass is 16.6. The van der Waals surface area contributed by atoms with Crippen LogP contribution in [0.5, 0.6) is 0 Å². The van der Waals surface area contributed by atoms with Crippen molar-refractivity contribution in [1.29, 1.82) is 0 Å². The van der Waals surface area contributed by atoms with Gasteiger partial charge in [0.25, 0.3) is 5.91 Å². The first-order chi connectivity index (χ1) is 18.6. The van der Waals surface area contributed by atoms with Crippen molar-refractivity contribution in [2.75, 3.05) is 11.9 Å². The van der Waals surface area contributed by atoms with Gasteiger partial charge in [0.2, 0.25) is 5.91 Å². The van der Waals surface area contributed by atoms with E-state index in [2.05, 4.69) is 10.6 Å². The van der Waals surface area contributed by atoms with Crippen molar-refractivity contribution in [3.05, 3.63) is 102 Å². The van der Waals surface area contributed by atoms with Crippen molar-refractivity contribution in [3.8, 4) is 0 Å². The minimum atomic E-state index is -0.939. The number of anilines is 1. The Kier molecular flexibility index (Phi) is 10.3. The summed E-state index contributed by atoms with van der Waals surface area (Å²) in [5.74, 6) is -0.687. The SMILES string of the molecule is CCCN(C(=O)C(Cc1ccccc1)NC(=O)OC(C)(C)C)C(C(=O)Nc1ccccc1C)c1ccccc1. The summed E-state index contributed by atoms with van der Waals surface area (Å²) in [4.78, 5) is 42.5. The Bertz CT molecular complexity index is 1240. The van der Waals surface area contributed by atoms with Gasteiger partial charge in [-0.15, -0.1) is 0 Å². The molecule has 39 heavy (non-hydrogen) atoms. The summed E-state index contributed by atoms with van der Waals surface area (Å²) in [6, 6.07) is 24.4. The zero-order chi connectivity index (χ0) is 28.4. The van der Waals surface area contributed by atoms with Gasteiger partial charge in [-0.3, -0.25) is 9.59 Å². The number of hydrogen-bond donors (Lipinski definition) is 2. The lowest BCUT2D eigenvalue weighted by Gasteiger charge is -2.34. The molecule has 0 saturated heterocycles. The molecule has 2 N–H and O–H groups in total. The second kappa shape index (κ2) is 13.6. The summed E-state index contributed by atoms with van der Waals surface area (Å²) in [6.07, 6.45) is 0.186. The van der Waals surface area contributed by atoms with E-state index in [1.807, 2.05) is 98.8 Å². The smallest absolute Gasteiger partial charge is 0.408 e. The zero-order valence-corrected chi connectivity index (χ0v) is 23.4. The topological polar surface area (TPSA) is 87.7 Å². The molecular weight excluding hydrogens is 490 g/mol. The molecule has 3 aromatic rings. The summed E-state index contributed by atoms with van der Waals surface area (Å²) in [7, 11) is 0. The van der Waals surface area contributed by atoms with Gasteiger partial charge in [0, 0.05) is 18.7 Å². The van der Waals surface area contributed by atoms with Crippen molar-refractivity contribution < 1.29 is 19.1 Å². The van der Waals surface area contributed by atoms with Gasteiger partial charge in [0.05, 0.1) is 0 Å². The number of hydrogen-bond acceptors (Lipinski definition) is 4. The maximum absolute atomic E-state index is 14.3. The number of nitrogens with one attached hydrogen (secondary N) is 2. The number of carbonyl (C=O) groups is 3. The van der Waals surface area contributed by atoms with E-state index in [4.69, 9.17) is 4.74 Å². The maximum Gasteiger partial charge on any atom is 0.408 e. The molecule has 3 rings (SSSR count). The minimum Gasteiger partial charge on any atom is -0.444 e. The second-order valence-electron chi connectivity index (χ2n) is 10.5. The van der Waals surface area contributed by atoms with E-state index < -0.39 is 23.8 Å². The third kappa shape index (κ3) is 8.70. The molecule has 7 nitrogen and oxygen atoms in total. The lowest BCUT2D eigenvalue weighted by Crippen LogP contribution is -2.53. The Morgan fingerprint density at radius 1 is 0.872 bits per heavy atom. The van der Waals surface area contributed by atoms with Gasteiger partial charge in [-0.05, 0) is 56.9 Å². The average Bonchev–Trinajstić information content (AvgIpc) is 2.89. The number of ether oxygens (including phenoxy) is 1. The first-order valence-electron chi connectivity index (χ1n) is 13.3. The normalized spacial score (nSPS) is 12.6. The van der Waals surface area contributed by atoms with Gasteiger partial charge in [-0.1, -0.05) is 85.8 Å². The molecule has 0 bridgehead atoms. The fourth-order valence-corrected chi connectivity index (χ4v) is 4.33. The highest BCUT2D eigenvalue weighted by Crippen LogP contribution is 2.26. The molecule has 0 aromatic heterocycles. The van der Waals surface area contributed by atoms with Gasteiger partial charge in [-0.2, -0.15) is 0 Å². The molecule has 0 spiro atoms. The Morgan fingerprint density at radius 2 is 1.46 bits per heavy atom. The van der Waals surface area contributed by atoms with Crippen LogP contribution in [0.1, 0.15) is 56.8 Å². The van der Waals surface area contributed by atoms with E-state index in [0.717, 1.165) is 11.1 Å². The fraction of sp³-hybridized carbons (Fsp3) is 0.344. The number of nitrogens with zero attached hydrogens (tertiary/aromatic N) is 1. The lowest BCUT2D eigenvalue weighted by atomic mass is 10.00. The molecule has 0 radical (unpaired) electrons. The molecule has 3 aromatic carbocycles. The van der Waals surface area contributed by atoms with Crippen LogP contribution in [0.15, 0.2) is 84.9 Å². The van der Waals surface area contributed by atoms with Crippen molar-refractivity contribution >= 4 is 23.6 Å². The Balaban J connectivity index is 2.00. The molecule has 0 aliphatic heterocycles. The van der Waals surface area contributed by atoms with E-state index in [-0.39, 0.29) is 18.2 Å². The van der Waals surface area contributed by atoms with Crippen LogP contribution in [0.3, 0.4) is 0 Å². The molecule has 0 heterocycles. The summed E-state index contributed by atoms with van der Waals surface area (Å²) in [6.45, 7) is 9.50. The number of benzene rings is 3. The summed E-state index contributed by atoms with van der Waals surface area (Å²) in [5.41, 5.74) is 2.43. The highest BCUT2D eigenvalue weighted by molar-refractivity contribution is 5.99. The number of carbonyl (C=O) groups excluding carboxylic acids is 3. The van der Waals surface area contributed by atoms with Gasteiger partial charge >= 0.3 is 6.09 Å². The van der Waals surface area contributed by atoms with Gasteiger partial charge in [-0.25, -0.2) is 4.79 Å². The van der Waals surface area contributed by atoms with E-state index in [1.54, 1.807) is 25.7 Å². The van der Waals surface area contributed by atoms with Gasteiger partial charge in [0.1, 0.15) is 17.7 Å². The third-order valence-corrected chi connectivity index (χ3v) is 6.10. The lowest BCUT2D eigenvalue weighted by molar-refractivity contribution is -0.140. The Labute approximate surface area is 231 Å². The monoisotopic (exact) mass is 529 g/mol. The van der Waals surface area contributed by atoms with Crippen molar-refractivity contribution in [3.63, 3.8) is 0 Å². The van der Waals surface area contributed by atoms with Crippen molar-refractivity contribution in [2.45, 2.75) is 65.1 Å². The molecule has 0 fully saturated rings. The molecule has 206 valence electrons. The van der Waals surface area contributed by atoms with Crippen LogP contribution >= 0.6 is 0 Å². The predicted octanol–water partition coefficient (Wildman–Crippen LogP) is 6.05. The number of aryl methyl sites for hydroxylation is 1. The first-order valence-corrected chi connectivity index (χ1v) is 13.3. The standard InChI is InChI=1S/C32H39N3O4/c1-6-21-35(28(25-18-11-8-12-19-25)29(36)33-26-20-14-13-15-23(26)2)30(37)27(22-24-16-9-7-10-17-24)34-31(38)39-32(3,4)5/h7-20,27-28H,6,21-22H2,1-5H3,(H,33,36)(H,34,38). The summed E-state index contributed by atoms with van der Waals surface area (Å²) in [5, 5.41) is 5.80. The van der Waals surface area contributed by atoms with Crippen LogP contribution in [0.4, 0.5) is 10.5 Å². The molecular formula is C32H39N3O4. The second-order valence-corrected chi connectivity index (χ2v) is 10.5. The van der Waals surface area contributed by atoms with Crippen LogP contribution < -0.4 is 10.6 Å². The number of alkyl carbamates (subject to hydrolysis) is 1. The molecule has 0 saturated carbocycles. The number of rotatable bonds is 10. The molecule has 0 aliphatic rings. The summed E-state index contributed by atoms with van der Waals surface area (Å²) >= 11 is 0. The van der Waals surface area contributed by atoms with Crippen LogP contribution in [0.2, 0.25) is 0 Å². The zero-order valence-electron chi connectivity index (χ0n) is 23.4. The molecule has 7 heteroatoms. The Hall–Kier alpha value is -4.13. The van der Waals surface area contributed by atoms with E-state index >= 15 is 0 Å². The number of para-hydroxylation sites is 1. The largest absolute Gasteiger partial charge is 0.444 e. The number of amides is 3. The molecule has 2 unspecified atom stereocenters. The maximum atomic E-state index is 14.3. The van der Waals surface area contributed by atoms with Crippen LogP contribution in [0.25, 0.3) is 0 Å². The summed E-state index contributed by atoms with van der Waals surface area (Å²) < 4.78 is 5.48. The van der Waals surface area contributed by atoms with E-state index in [1.165, 1.54) is 0 Å². The van der Waals surface area contributed by atoms with Gasteiger partial charge < -0.3 is 20.3 Å². The van der Waals surface area contributed by atoms with E-state index in [0.29, 0.717) is 24.2 Å². The van der Waals surface area contributed by atoms with E-state index in [9.17, 15) is 14.4 Å². The minimum absolute atomic E-state index is 0.250. The third-order valence-electron chi connectivity index (χ3n) is 6.10. The van der Waals surface area contributed by atoms with Crippen molar-refractivity contribution in [1.82, 2.24) is 10.2 Å². The van der Waals surface area contributed by atoms with Crippen LogP contribution in [-0.4, -0.2) is 41.0 Å². The average molecular weight is 530 g/mol. The molecule has 2 atom stereocenters. The first kappa shape index (κ1) is 29.4. The predicted molar refractivity (Wildman–Crippen MR) is 154 cm³/mol.